The molecule has 3 aliphatic rings. The molecule has 0 aromatic heterocycles. The van der Waals surface area contributed by atoms with Crippen LogP contribution in [0.25, 0.3) is 6.08 Å². The molecule has 5 nitrogen and oxygen atoms in total. The second-order valence-electron chi connectivity index (χ2n) is 8.18. The summed E-state index contributed by atoms with van der Waals surface area (Å²) in [6.07, 6.45) is 7.46. The molecule has 1 heterocycles. The van der Waals surface area contributed by atoms with Crippen LogP contribution in [-0.2, 0) is 14.8 Å². The molecule has 2 aliphatic carbocycles. The van der Waals surface area contributed by atoms with Crippen LogP contribution in [0, 0.1) is 17.8 Å². The zero-order chi connectivity index (χ0) is 18.9. The van der Waals surface area contributed by atoms with E-state index in [2.05, 4.69) is 0 Å². The van der Waals surface area contributed by atoms with Gasteiger partial charge in [0.15, 0.2) is 0 Å². The van der Waals surface area contributed by atoms with Crippen LogP contribution in [0.3, 0.4) is 0 Å². The minimum Gasteiger partial charge on any atom is -0.340 e. The molecule has 1 aromatic carbocycles. The summed E-state index contributed by atoms with van der Waals surface area (Å²) in [7, 11) is -3.45. The normalized spacial score (nSPS) is 28.9. The van der Waals surface area contributed by atoms with E-state index < -0.39 is 10.0 Å². The lowest BCUT2D eigenvalue weighted by atomic mass is 9.86. The van der Waals surface area contributed by atoms with Gasteiger partial charge in [-0.3, -0.25) is 4.79 Å². The number of carbonyl (C=O) groups is 1. The number of amides is 1. The molecular formula is C21H28N2O3S. The van der Waals surface area contributed by atoms with Gasteiger partial charge in [0.05, 0.1) is 0 Å². The lowest BCUT2D eigenvalue weighted by molar-refractivity contribution is -0.133. The van der Waals surface area contributed by atoms with E-state index in [1.807, 2.05) is 35.2 Å². The van der Waals surface area contributed by atoms with Gasteiger partial charge in [-0.2, -0.15) is 4.31 Å². The van der Waals surface area contributed by atoms with E-state index in [1.54, 1.807) is 6.08 Å². The summed E-state index contributed by atoms with van der Waals surface area (Å²) in [5, 5.41) is 1.27. The Morgan fingerprint density at radius 3 is 2.41 bits per heavy atom. The number of benzene rings is 1. The second kappa shape index (κ2) is 7.76. The molecule has 1 aromatic rings. The van der Waals surface area contributed by atoms with Crippen LogP contribution in [0.1, 0.15) is 37.7 Å². The summed E-state index contributed by atoms with van der Waals surface area (Å²) < 4.78 is 26.6. The van der Waals surface area contributed by atoms with Crippen molar-refractivity contribution in [3.05, 3.63) is 41.3 Å². The summed E-state index contributed by atoms with van der Waals surface area (Å²) in [5.41, 5.74) is 0.862. The fourth-order valence-electron chi connectivity index (χ4n) is 4.99. The zero-order valence-corrected chi connectivity index (χ0v) is 16.5. The Morgan fingerprint density at radius 1 is 1.04 bits per heavy atom. The summed E-state index contributed by atoms with van der Waals surface area (Å²) >= 11 is 0. The maximum absolute atomic E-state index is 12.6. The first kappa shape index (κ1) is 18.7. The Balaban J connectivity index is 1.29. The van der Waals surface area contributed by atoms with E-state index in [9.17, 15) is 13.2 Å². The molecule has 1 saturated heterocycles. The molecule has 2 saturated carbocycles. The molecule has 1 aliphatic heterocycles. The molecule has 2 bridgehead atoms. The van der Waals surface area contributed by atoms with Crippen molar-refractivity contribution in [3.63, 3.8) is 0 Å². The predicted octanol–water partition coefficient (Wildman–Crippen LogP) is 2.96. The molecule has 27 heavy (non-hydrogen) atoms. The third kappa shape index (κ3) is 4.27. The summed E-state index contributed by atoms with van der Waals surface area (Å²) in [5.74, 6) is 2.38. The van der Waals surface area contributed by atoms with Crippen LogP contribution in [0.4, 0.5) is 0 Å². The monoisotopic (exact) mass is 388 g/mol. The van der Waals surface area contributed by atoms with Gasteiger partial charge in [0.2, 0.25) is 15.9 Å². The maximum atomic E-state index is 12.6. The fourth-order valence-corrected chi connectivity index (χ4v) is 6.16. The van der Waals surface area contributed by atoms with E-state index in [1.165, 1.54) is 35.4 Å². The molecule has 146 valence electrons. The van der Waals surface area contributed by atoms with Gasteiger partial charge in [0.1, 0.15) is 0 Å². The average molecular weight is 389 g/mol. The third-order valence-electron chi connectivity index (χ3n) is 6.50. The minimum absolute atomic E-state index is 0.212. The fraction of sp³-hybridized carbons (Fsp3) is 0.571. The molecule has 3 atom stereocenters. The van der Waals surface area contributed by atoms with E-state index in [4.69, 9.17) is 0 Å². The van der Waals surface area contributed by atoms with E-state index in [-0.39, 0.29) is 5.91 Å². The second-order valence-corrected chi connectivity index (χ2v) is 10.00. The molecule has 3 fully saturated rings. The minimum atomic E-state index is -3.45. The van der Waals surface area contributed by atoms with Crippen molar-refractivity contribution in [3.8, 4) is 0 Å². The smallest absolute Gasteiger partial charge is 0.236 e. The van der Waals surface area contributed by atoms with Crippen molar-refractivity contribution in [2.75, 3.05) is 26.2 Å². The van der Waals surface area contributed by atoms with Gasteiger partial charge in [-0.05, 0) is 48.7 Å². The Kier molecular flexibility index (Phi) is 5.37. The van der Waals surface area contributed by atoms with Gasteiger partial charge < -0.3 is 4.90 Å². The van der Waals surface area contributed by atoms with Crippen molar-refractivity contribution in [2.24, 2.45) is 17.8 Å². The Morgan fingerprint density at radius 2 is 1.78 bits per heavy atom. The first-order valence-corrected chi connectivity index (χ1v) is 11.5. The van der Waals surface area contributed by atoms with Crippen LogP contribution < -0.4 is 0 Å². The molecule has 6 heteroatoms. The molecule has 0 radical (unpaired) electrons. The van der Waals surface area contributed by atoms with Gasteiger partial charge in [-0.1, -0.05) is 36.8 Å². The highest BCUT2D eigenvalue weighted by molar-refractivity contribution is 7.92. The first-order valence-electron chi connectivity index (χ1n) is 10.0. The van der Waals surface area contributed by atoms with E-state index >= 15 is 0 Å². The van der Waals surface area contributed by atoms with Crippen molar-refractivity contribution in [2.45, 2.75) is 32.1 Å². The van der Waals surface area contributed by atoms with Crippen LogP contribution in [0.2, 0.25) is 0 Å². The van der Waals surface area contributed by atoms with Crippen molar-refractivity contribution < 1.29 is 13.2 Å². The molecule has 1 amide bonds. The highest BCUT2D eigenvalue weighted by Crippen LogP contribution is 2.49. The van der Waals surface area contributed by atoms with Crippen molar-refractivity contribution >= 4 is 22.0 Å². The maximum Gasteiger partial charge on any atom is 0.236 e. The number of piperazine rings is 1. The number of rotatable bonds is 5. The quantitative estimate of drug-likeness (QED) is 0.779. The number of hydrogen-bond donors (Lipinski definition) is 0. The third-order valence-corrected chi connectivity index (χ3v) is 8.07. The van der Waals surface area contributed by atoms with Gasteiger partial charge in [0.25, 0.3) is 0 Å². The van der Waals surface area contributed by atoms with Gasteiger partial charge >= 0.3 is 0 Å². The average Bonchev–Trinajstić information content (AvgIpc) is 3.30. The molecule has 0 N–H and O–H groups in total. The Hall–Kier alpha value is -1.66. The first-order chi connectivity index (χ1) is 13.0. The van der Waals surface area contributed by atoms with Gasteiger partial charge in [0, 0.05) is 38.0 Å². The summed E-state index contributed by atoms with van der Waals surface area (Å²) in [4.78, 5) is 14.5. The number of nitrogens with zero attached hydrogens (tertiary/aromatic N) is 2. The largest absolute Gasteiger partial charge is 0.340 e. The number of sulfonamides is 1. The summed E-state index contributed by atoms with van der Waals surface area (Å²) in [6, 6.07) is 9.41. The van der Waals surface area contributed by atoms with Crippen LogP contribution in [0.5, 0.6) is 0 Å². The number of hydrogen-bond acceptors (Lipinski definition) is 3. The van der Waals surface area contributed by atoms with Gasteiger partial charge in [-0.15, -0.1) is 0 Å². The standard InChI is InChI=1S/C21H28N2O3S/c24-21(16-20-15-18-6-7-19(20)14-18)22-9-11-23(12-10-22)27(25,26)13-8-17-4-2-1-3-5-17/h1-5,8,13,18-20H,6-7,9-12,14-16H2/b13-8+/t18-,19-,20-/m1/s1. The molecule has 0 unspecified atom stereocenters. The number of carbonyl (C=O) groups excluding carboxylic acids is 1. The van der Waals surface area contributed by atoms with E-state index in [0.717, 1.165) is 17.4 Å². The lowest BCUT2D eigenvalue weighted by Crippen LogP contribution is -2.50. The highest BCUT2D eigenvalue weighted by Gasteiger charge is 2.41. The van der Waals surface area contributed by atoms with E-state index in [0.29, 0.717) is 38.5 Å². The predicted molar refractivity (Wildman–Crippen MR) is 106 cm³/mol. The Bertz CT molecular complexity index is 798. The molecule has 0 spiro atoms. The SMILES string of the molecule is O=C(C[C@H]1C[C@@H]2CC[C@@H]1C2)N1CCN(S(=O)(=O)/C=C/c2ccccc2)CC1. The molecule has 4 rings (SSSR count). The van der Waals surface area contributed by atoms with Crippen LogP contribution in [-0.4, -0.2) is 49.7 Å². The van der Waals surface area contributed by atoms with Gasteiger partial charge in [-0.25, -0.2) is 8.42 Å². The topological polar surface area (TPSA) is 57.7 Å². The van der Waals surface area contributed by atoms with Crippen LogP contribution >= 0.6 is 0 Å². The number of fused-ring (bicyclic) bond motifs is 2. The summed E-state index contributed by atoms with van der Waals surface area (Å²) in [6.45, 7) is 1.75. The Labute approximate surface area is 162 Å². The molecular weight excluding hydrogens is 360 g/mol. The van der Waals surface area contributed by atoms with Crippen LogP contribution in [0.15, 0.2) is 35.7 Å². The zero-order valence-electron chi connectivity index (χ0n) is 15.7. The van der Waals surface area contributed by atoms with Crippen molar-refractivity contribution in [1.29, 1.82) is 0 Å². The van der Waals surface area contributed by atoms with Crippen molar-refractivity contribution in [1.82, 2.24) is 9.21 Å². The lowest BCUT2D eigenvalue weighted by Gasteiger charge is -2.34. The highest BCUT2D eigenvalue weighted by atomic mass is 32.2.